The molecule has 0 rings (SSSR count). The van der Waals surface area contributed by atoms with Crippen LogP contribution in [0.1, 0.15) is 252 Å². The maximum absolute atomic E-state index is 12.9. The lowest BCUT2D eigenvalue weighted by molar-refractivity contribution is -0.167. The van der Waals surface area contributed by atoms with Gasteiger partial charge in [-0.3, -0.25) is 14.4 Å². The van der Waals surface area contributed by atoms with Gasteiger partial charge in [-0.2, -0.15) is 0 Å². The SMILES string of the molecule is CC/C=C\C/C=C\C/C=C\C/C=C\C/C=C\C/C=C\CCCCC(=O)OC(COC(=O)CCCCC/C=C\C/C=C\C/C=C\C/C=C\C/C=C\CC)COC(=O)CCCCCCCCCCC/C=C\C/C=C\C/C=C\C/C=C\C/C=C\CC. The van der Waals surface area contributed by atoms with Gasteiger partial charge in [0.2, 0.25) is 0 Å². The smallest absolute Gasteiger partial charge is 0.306 e. The Hall–Kier alpha value is -5.75. The Labute approximate surface area is 509 Å². The number of hydrogen-bond acceptors (Lipinski definition) is 6. The molecule has 0 radical (unpaired) electrons. The van der Waals surface area contributed by atoms with E-state index in [9.17, 15) is 14.4 Å². The van der Waals surface area contributed by atoms with Crippen LogP contribution in [0.15, 0.2) is 194 Å². The number of carbonyl (C=O) groups is 3. The highest BCUT2D eigenvalue weighted by Crippen LogP contribution is 2.14. The van der Waals surface area contributed by atoms with E-state index in [1.807, 2.05) is 0 Å². The summed E-state index contributed by atoms with van der Waals surface area (Å²) in [5, 5.41) is 0. The second-order valence-corrected chi connectivity index (χ2v) is 20.9. The number of unbranched alkanes of at least 4 members (excludes halogenated alkanes) is 14. The maximum atomic E-state index is 12.9. The van der Waals surface area contributed by atoms with Gasteiger partial charge in [0.15, 0.2) is 6.10 Å². The van der Waals surface area contributed by atoms with Gasteiger partial charge in [-0.15, -0.1) is 0 Å². The average Bonchev–Trinajstić information content (AvgIpc) is 3.50. The van der Waals surface area contributed by atoms with Crippen molar-refractivity contribution in [1.29, 1.82) is 0 Å². The molecule has 6 nitrogen and oxygen atoms in total. The van der Waals surface area contributed by atoms with Gasteiger partial charge in [-0.1, -0.05) is 267 Å². The fraction of sp³-hybridized carbons (Fsp3) is 0.545. The van der Waals surface area contributed by atoms with Crippen LogP contribution in [0.5, 0.6) is 0 Å². The first kappa shape index (κ1) is 77.2. The molecule has 83 heavy (non-hydrogen) atoms. The summed E-state index contributed by atoms with van der Waals surface area (Å²) >= 11 is 0. The highest BCUT2D eigenvalue weighted by molar-refractivity contribution is 5.71. The largest absolute Gasteiger partial charge is 0.462 e. The molecule has 0 saturated heterocycles. The zero-order valence-electron chi connectivity index (χ0n) is 52.9. The Morgan fingerprint density at radius 2 is 0.434 bits per heavy atom. The third-order valence-electron chi connectivity index (χ3n) is 13.1. The van der Waals surface area contributed by atoms with Crippen molar-refractivity contribution < 1.29 is 28.6 Å². The van der Waals surface area contributed by atoms with Gasteiger partial charge in [0.25, 0.3) is 0 Å². The summed E-state index contributed by atoms with van der Waals surface area (Å²) in [4.78, 5) is 38.4. The number of esters is 3. The summed E-state index contributed by atoms with van der Waals surface area (Å²) in [6, 6.07) is 0. The summed E-state index contributed by atoms with van der Waals surface area (Å²) in [5.74, 6) is -1.01. The van der Waals surface area contributed by atoms with E-state index >= 15 is 0 Å². The van der Waals surface area contributed by atoms with Crippen molar-refractivity contribution in [2.45, 2.75) is 258 Å². The molecule has 462 valence electrons. The first-order valence-electron chi connectivity index (χ1n) is 32.9. The summed E-state index contributed by atoms with van der Waals surface area (Å²) in [7, 11) is 0. The molecular weight excluding hydrogens is 1020 g/mol. The maximum Gasteiger partial charge on any atom is 0.306 e. The van der Waals surface area contributed by atoms with E-state index in [4.69, 9.17) is 14.2 Å². The van der Waals surface area contributed by atoms with Crippen LogP contribution in [0, 0.1) is 0 Å². The van der Waals surface area contributed by atoms with Crippen LogP contribution >= 0.6 is 0 Å². The second kappa shape index (κ2) is 68.7. The highest BCUT2D eigenvalue weighted by atomic mass is 16.6. The summed E-state index contributed by atoms with van der Waals surface area (Å²) in [6.45, 7) is 6.22. The van der Waals surface area contributed by atoms with Crippen LogP contribution in [-0.4, -0.2) is 37.2 Å². The predicted molar refractivity (Wildman–Crippen MR) is 361 cm³/mol. The van der Waals surface area contributed by atoms with Crippen LogP contribution in [0.25, 0.3) is 0 Å². The molecule has 0 aromatic heterocycles. The highest BCUT2D eigenvalue weighted by Gasteiger charge is 2.19. The zero-order chi connectivity index (χ0) is 59.9. The fourth-order valence-corrected chi connectivity index (χ4v) is 8.26. The van der Waals surface area contributed by atoms with E-state index in [-0.39, 0.29) is 37.5 Å². The van der Waals surface area contributed by atoms with Gasteiger partial charge in [0, 0.05) is 19.3 Å². The molecule has 0 aromatic rings. The van der Waals surface area contributed by atoms with Gasteiger partial charge < -0.3 is 14.2 Å². The molecule has 0 spiro atoms. The first-order chi connectivity index (χ1) is 41.0. The topological polar surface area (TPSA) is 78.9 Å². The van der Waals surface area contributed by atoms with Gasteiger partial charge in [-0.25, -0.2) is 0 Å². The van der Waals surface area contributed by atoms with Gasteiger partial charge in [0.1, 0.15) is 13.2 Å². The van der Waals surface area contributed by atoms with Crippen molar-refractivity contribution in [3.63, 3.8) is 0 Å². The Bertz CT molecular complexity index is 1990. The lowest BCUT2D eigenvalue weighted by atomic mass is 10.1. The zero-order valence-corrected chi connectivity index (χ0v) is 52.9. The van der Waals surface area contributed by atoms with Crippen molar-refractivity contribution in [2.75, 3.05) is 13.2 Å². The van der Waals surface area contributed by atoms with Crippen molar-refractivity contribution in [2.24, 2.45) is 0 Å². The number of hydrogen-bond donors (Lipinski definition) is 0. The first-order valence-corrected chi connectivity index (χ1v) is 32.9. The third kappa shape index (κ3) is 66.9. The van der Waals surface area contributed by atoms with E-state index in [1.54, 1.807) is 0 Å². The molecule has 0 aromatic carbocycles. The molecule has 0 bridgehead atoms. The molecule has 1 atom stereocenters. The second-order valence-electron chi connectivity index (χ2n) is 20.9. The molecule has 0 aliphatic heterocycles. The van der Waals surface area contributed by atoms with Crippen LogP contribution in [0.4, 0.5) is 0 Å². The Balaban J connectivity index is 4.56. The standard InChI is InChI=1S/C77H118O6/c1-4-7-10-13-16-19-22-25-28-31-34-36-37-38-39-41-43-46-49-52-55-58-61-64-67-70-76(79)82-73-74(72-81-75(78)69-66-63-60-57-54-51-48-45-42-33-30-27-24-21-18-15-12-9-6-3)83-77(80)71-68-65-62-59-56-53-50-47-44-40-35-32-29-26-23-20-17-14-11-8-5-2/h7-12,16-21,25-30,34-36,38-40,42,45,47,50-51,54,56,59,74H,4-6,13-15,22-24,31-33,37,41,43-44,46,48-49,52-53,55,57-58,60-73H2,1-3H3/b10-7-,11-8-,12-9-,19-16-,20-17-,21-18-,28-25-,29-26-,30-27-,36-34-,39-38-,40-35-,45-42-,50-47-,54-51-,59-56-. The fourth-order valence-electron chi connectivity index (χ4n) is 8.26. The summed E-state index contributed by atoms with van der Waals surface area (Å²) in [5.41, 5.74) is 0. The van der Waals surface area contributed by atoms with Crippen molar-refractivity contribution in [1.82, 2.24) is 0 Å². The minimum absolute atomic E-state index is 0.120. The summed E-state index contributed by atoms with van der Waals surface area (Å²) < 4.78 is 16.9. The number of ether oxygens (including phenoxy) is 3. The molecule has 0 heterocycles. The Kier molecular flexibility index (Phi) is 64.0. The molecule has 0 aliphatic rings. The van der Waals surface area contributed by atoms with Gasteiger partial charge in [0.05, 0.1) is 0 Å². The molecule has 0 saturated carbocycles. The molecule has 0 fully saturated rings. The van der Waals surface area contributed by atoms with E-state index in [2.05, 4.69) is 215 Å². The lowest BCUT2D eigenvalue weighted by Crippen LogP contribution is -2.30. The van der Waals surface area contributed by atoms with Crippen molar-refractivity contribution in [3.8, 4) is 0 Å². The van der Waals surface area contributed by atoms with Crippen LogP contribution in [0.2, 0.25) is 0 Å². The van der Waals surface area contributed by atoms with Crippen LogP contribution in [0.3, 0.4) is 0 Å². The average molecular weight is 1140 g/mol. The minimum atomic E-state index is -0.832. The Morgan fingerprint density at radius 1 is 0.241 bits per heavy atom. The monoisotopic (exact) mass is 1140 g/mol. The molecule has 6 heteroatoms. The molecule has 0 N–H and O–H groups in total. The molecule has 0 amide bonds. The number of carbonyl (C=O) groups excluding carboxylic acids is 3. The third-order valence-corrected chi connectivity index (χ3v) is 13.1. The van der Waals surface area contributed by atoms with E-state index in [1.165, 1.54) is 38.5 Å². The lowest BCUT2D eigenvalue weighted by Gasteiger charge is -2.18. The Morgan fingerprint density at radius 3 is 0.711 bits per heavy atom. The van der Waals surface area contributed by atoms with Gasteiger partial charge >= 0.3 is 17.9 Å². The van der Waals surface area contributed by atoms with E-state index < -0.39 is 6.10 Å². The van der Waals surface area contributed by atoms with Crippen molar-refractivity contribution >= 4 is 17.9 Å². The van der Waals surface area contributed by atoms with E-state index in [0.717, 1.165) is 167 Å². The van der Waals surface area contributed by atoms with Crippen molar-refractivity contribution in [3.05, 3.63) is 194 Å². The van der Waals surface area contributed by atoms with Crippen LogP contribution in [-0.2, 0) is 28.6 Å². The predicted octanol–water partition coefficient (Wildman–Crippen LogP) is 23.0. The normalized spacial score (nSPS) is 13.4. The minimum Gasteiger partial charge on any atom is -0.462 e. The van der Waals surface area contributed by atoms with E-state index in [0.29, 0.717) is 19.3 Å². The molecule has 0 aliphatic carbocycles. The quantitative estimate of drug-likeness (QED) is 0.0261. The van der Waals surface area contributed by atoms with Crippen LogP contribution < -0.4 is 0 Å². The summed E-state index contributed by atoms with van der Waals surface area (Å²) in [6.07, 6.45) is 104. The number of allylic oxidation sites excluding steroid dienone is 32. The molecular formula is C77H118O6. The molecule has 1 unspecified atom stereocenters. The number of rotatable bonds is 57. The van der Waals surface area contributed by atoms with Gasteiger partial charge in [-0.05, 0) is 161 Å².